The van der Waals surface area contributed by atoms with Gasteiger partial charge >= 0.3 is 0 Å². The van der Waals surface area contributed by atoms with Crippen LogP contribution in [0.1, 0.15) is 10.4 Å². The van der Waals surface area contributed by atoms with E-state index in [1.54, 1.807) is 12.1 Å². The second-order valence-electron chi connectivity index (χ2n) is 2.75. The summed E-state index contributed by atoms with van der Waals surface area (Å²) in [6, 6.07) is 7.25. The van der Waals surface area contributed by atoms with E-state index in [4.69, 9.17) is 5.84 Å². The molecule has 0 spiro atoms. The standard InChI is InChI=1S/C9H8N4O/c10-12-9(14)7-5-11-13-8-4-2-1-3-6(7)8/h1-5H,10H2,(H,12,14). The maximum absolute atomic E-state index is 11.3. The summed E-state index contributed by atoms with van der Waals surface area (Å²) in [5, 5.41) is 8.34. The third-order valence-corrected chi connectivity index (χ3v) is 1.92. The molecule has 0 fully saturated rings. The topological polar surface area (TPSA) is 80.9 Å². The Bertz CT molecular complexity index is 478. The Morgan fingerprint density at radius 1 is 1.36 bits per heavy atom. The molecule has 3 N–H and O–H groups in total. The first kappa shape index (κ1) is 8.58. The smallest absolute Gasteiger partial charge is 0.267 e. The fraction of sp³-hybridized carbons (Fsp3) is 0. The van der Waals surface area contributed by atoms with Crippen molar-refractivity contribution in [1.82, 2.24) is 15.6 Å². The summed E-state index contributed by atoms with van der Waals surface area (Å²) < 4.78 is 0. The van der Waals surface area contributed by atoms with E-state index in [0.717, 1.165) is 5.39 Å². The number of benzene rings is 1. The first-order chi connectivity index (χ1) is 6.83. The summed E-state index contributed by atoms with van der Waals surface area (Å²) in [6.45, 7) is 0. The lowest BCUT2D eigenvalue weighted by atomic mass is 10.1. The summed E-state index contributed by atoms with van der Waals surface area (Å²) in [6.07, 6.45) is 1.39. The summed E-state index contributed by atoms with van der Waals surface area (Å²) in [5.41, 5.74) is 3.17. The maximum Gasteiger partial charge on any atom is 0.267 e. The Balaban J connectivity index is 2.71. The van der Waals surface area contributed by atoms with Crippen LogP contribution in [-0.4, -0.2) is 16.1 Å². The van der Waals surface area contributed by atoms with Crippen molar-refractivity contribution in [1.29, 1.82) is 0 Å². The number of nitrogens with two attached hydrogens (primary N) is 1. The van der Waals surface area contributed by atoms with Gasteiger partial charge in [0.2, 0.25) is 0 Å². The molecule has 0 bridgehead atoms. The van der Waals surface area contributed by atoms with E-state index in [2.05, 4.69) is 15.6 Å². The van der Waals surface area contributed by atoms with Crippen molar-refractivity contribution in [3.63, 3.8) is 0 Å². The molecule has 0 aliphatic rings. The highest BCUT2D eigenvalue weighted by molar-refractivity contribution is 6.05. The van der Waals surface area contributed by atoms with Crippen LogP contribution in [0.2, 0.25) is 0 Å². The Morgan fingerprint density at radius 3 is 2.93 bits per heavy atom. The molecule has 2 rings (SSSR count). The first-order valence-corrected chi connectivity index (χ1v) is 4.04. The largest absolute Gasteiger partial charge is 0.290 e. The lowest BCUT2D eigenvalue weighted by molar-refractivity contribution is 0.0955. The first-order valence-electron chi connectivity index (χ1n) is 4.04. The van der Waals surface area contributed by atoms with Crippen LogP contribution in [0.25, 0.3) is 10.9 Å². The van der Waals surface area contributed by atoms with Crippen LogP contribution in [0.15, 0.2) is 30.5 Å². The minimum absolute atomic E-state index is 0.365. The number of nitrogens with one attached hydrogen (secondary N) is 1. The average molecular weight is 188 g/mol. The average Bonchev–Trinajstić information content (AvgIpc) is 2.27. The van der Waals surface area contributed by atoms with Gasteiger partial charge in [0.05, 0.1) is 17.3 Å². The van der Waals surface area contributed by atoms with E-state index in [0.29, 0.717) is 11.1 Å². The van der Waals surface area contributed by atoms with Crippen LogP contribution in [-0.2, 0) is 0 Å². The highest BCUT2D eigenvalue weighted by atomic mass is 16.2. The van der Waals surface area contributed by atoms with E-state index in [-0.39, 0.29) is 5.91 Å². The third kappa shape index (κ3) is 1.29. The second kappa shape index (κ2) is 3.39. The molecular weight excluding hydrogens is 180 g/mol. The molecule has 2 aromatic rings. The lowest BCUT2D eigenvalue weighted by Gasteiger charge is -2.02. The number of hydrogen-bond acceptors (Lipinski definition) is 4. The molecule has 0 unspecified atom stereocenters. The van der Waals surface area contributed by atoms with E-state index in [1.807, 2.05) is 12.1 Å². The third-order valence-electron chi connectivity index (χ3n) is 1.92. The van der Waals surface area contributed by atoms with Crippen molar-refractivity contribution in [3.8, 4) is 0 Å². The van der Waals surface area contributed by atoms with Crippen molar-refractivity contribution < 1.29 is 4.79 Å². The molecule has 0 aliphatic heterocycles. The van der Waals surface area contributed by atoms with Crippen molar-refractivity contribution in [2.75, 3.05) is 0 Å². The zero-order valence-corrected chi connectivity index (χ0v) is 7.27. The van der Waals surface area contributed by atoms with Crippen molar-refractivity contribution in [2.45, 2.75) is 0 Å². The highest BCUT2D eigenvalue weighted by Gasteiger charge is 2.08. The van der Waals surface area contributed by atoms with Crippen LogP contribution >= 0.6 is 0 Å². The highest BCUT2D eigenvalue weighted by Crippen LogP contribution is 2.14. The molecule has 70 valence electrons. The van der Waals surface area contributed by atoms with Crippen LogP contribution in [0, 0.1) is 0 Å². The predicted molar refractivity (Wildman–Crippen MR) is 51.2 cm³/mol. The molecule has 0 radical (unpaired) electrons. The molecule has 0 atom stereocenters. The van der Waals surface area contributed by atoms with Gasteiger partial charge in [0, 0.05) is 5.39 Å². The lowest BCUT2D eigenvalue weighted by Crippen LogP contribution is -2.30. The van der Waals surface area contributed by atoms with E-state index in [1.165, 1.54) is 6.20 Å². The molecule has 1 amide bonds. The quantitative estimate of drug-likeness (QED) is 0.381. The number of rotatable bonds is 1. The van der Waals surface area contributed by atoms with Gasteiger partial charge in [0.1, 0.15) is 0 Å². The molecule has 14 heavy (non-hydrogen) atoms. The maximum atomic E-state index is 11.3. The summed E-state index contributed by atoms with van der Waals surface area (Å²) in [4.78, 5) is 11.3. The number of carbonyl (C=O) groups is 1. The summed E-state index contributed by atoms with van der Waals surface area (Å²) in [5.74, 6) is 4.68. The molecule has 0 saturated carbocycles. The Hall–Kier alpha value is -2.01. The SMILES string of the molecule is NNC(=O)c1cnnc2ccccc12. The molecule has 5 nitrogen and oxygen atoms in total. The fourth-order valence-electron chi connectivity index (χ4n) is 1.27. The van der Waals surface area contributed by atoms with Gasteiger partial charge in [-0.05, 0) is 6.07 Å². The molecule has 1 heterocycles. The van der Waals surface area contributed by atoms with E-state index < -0.39 is 0 Å². The number of nitrogens with zero attached hydrogens (tertiary/aromatic N) is 2. The molecule has 0 saturated heterocycles. The molecule has 5 heteroatoms. The number of fused-ring (bicyclic) bond motifs is 1. The number of hydrogen-bond donors (Lipinski definition) is 2. The van der Waals surface area contributed by atoms with Gasteiger partial charge in [-0.2, -0.15) is 10.2 Å². The van der Waals surface area contributed by atoms with Crippen LogP contribution < -0.4 is 11.3 Å². The number of aromatic nitrogens is 2. The van der Waals surface area contributed by atoms with Gasteiger partial charge in [-0.25, -0.2) is 5.84 Å². The number of amides is 1. The van der Waals surface area contributed by atoms with Gasteiger partial charge in [0.25, 0.3) is 5.91 Å². The van der Waals surface area contributed by atoms with Crippen LogP contribution in [0.3, 0.4) is 0 Å². The normalized spacial score (nSPS) is 10.1. The van der Waals surface area contributed by atoms with Gasteiger partial charge in [-0.15, -0.1) is 0 Å². The summed E-state index contributed by atoms with van der Waals surface area (Å²) >= 11 is 0. The van der Waals surface area contributed by atoms with Crippen molar-refractivity contribution >= 4 is 16.8 Å². The zero-order valence-electron chi connectivity index (χ0n) is 7.27. The minimum atomic E-state index is -0.365. The molecule has 1 aromatic carbocycles. The van der Waals surface area contributed by atoms with Gasteiger partial charge in [0.15, 0.2) is 0 Å². The Kier molecular flexibility index (Phi) is 2.08. The van der Waals surface area contributed by atoms with Gasteiger partial charge in [-0.3, -0.25) is 10.2 Å². The predicted octanol–water partition coefficient (Wildman–Crippen LogP) is 0.233. The van der Waals surface area contributed by atoms with Gasteiger partial charge < -0.3 is 0 Å². The Labute approximate surface area is 79.9 Å². The molecule has 1 aromatic heterocycles. The molecular formula is C9H8N4O. The summed E-state index contributed by atoms with van der Waals surface area (Å²) in [7, 11) is 0. The van der Waals surface area contributed by atoms with Crippen molar-refractivity contribution in [3.05, 3.63) is 36.0 Å². The number of carbonyl (C=O) groups excluding carboxylic acids is 1. The zero-order chi connectivity index (χ0) is 9.97. The van der Waals surface area contributed by atoms with Crippen molar-refractivity contribution in [2.24, 2.45) is 5.84 Å². The minimum Gasteiger partial charge on any atom is -0.290 e. The fourth-order valence-corrected chi connectivity index (χ4v) is 1.27. The van der Waals surface area contributed by atoms with E-state index >= 15 is 0 Å². The van der Waals surface area contributed by atoms with Gasteiger partial charge in [-0.1, -0.05) is 18.2 Å². The molecule has 0 aliphatic carbocycles. The monoisotopic (exact) mass is 188 g/mol. The number of nitrogen functional groups attached to an aromatic ring is 1. The second-order valence-corrected chi connectivity index (χ2v) is 2.75. The van der Waals surface area contributed by atoms with Crippen LogP contribution in [0.4, 0.5) is 0 Å². The number of hydrazine groups is 1. The van der Waals surface area contributed by atoms with E-state index in [9.17, 15) is 4.79 Å². The van der Waals surface area contributed by atoms with Crippen LogP contribution in [0.5, 0.6) is 0 Å². The Morgan fingerprint density at radius 2 is 2.14 bits per heavy atom.